The summed E-state index contributed by atoms with van der Waals surface area (Å²) < 4.78 is 4.52. The van der Waals surface area contributed by atoms with Gasteiger partial charge in [0.05, 0.1) is 7.11 Å². The van der Waals surface area contributed by atoms with E-state index >= 15 is 0 Å². The number of esters is 1. The van der Waals surface area contributed by atoms with Crippen LogP contribution in [0.3, 0.4) is 0 Å². The monoisotopic (exact) mass is 272 g/mol. The lowest BCUT2D eigenvalue weighted by Gasteiger charge is -2.29. The van der Waals surface area contributed by atoms with Gasteiger partial charge in [0.1, 0.15) is 12.6 Å². The summed E-state index contributed by atoms with van der Waals surface area (Å²) in [6.45, 7) is 4.10. The zero-order valence-electron chi connectivity index (χ0n) is 11.5. The molecule has 0 saturated carbocycles. The van der Waals surface area contributed by atoms with Gasteiger partial charge in [-0.3, -0.25) is 4.79 Å². The van der Waals surface area contributed by atoms with E-state index in [-0.39, 0.29) is 12.5 Å². The second-order valence-electron chi connectivity index (χ2n) is 4.62. The van der Waals surface area contributed by atoms with Crippen molar-refractivity contribution in [3.63, 3.8) is 0 Å². The second kappa shape index (κ2) is 6.40. The van der Waals surface area contributed by atoms with Crippen LogP contribution >= 0.6 is 0 Å². The lowest BCUT2D eigenvalue weighted by atomic mass is 10.0. The van der Waals surface area contributed by atoms with Crippen LogP contribution in [0.5, 0.6) is 0 Å². The minimum atomic E-state index is -1.01. The highest BCUT2D eigenvalue weighted by molar-refractivity contribution is 5.86. The number of amides is 2. The summed E-state index contributed by atoms with van der Waals surface area (Å²) in [5.41, 5.74) is 0. The van der Waals surface area contributed by atoms with Gasteiger partial charge in [-0.25, -0.2) is 9.59 Å². The Balaban J connectivity index is 2.79. The quantitative estimate of drug-likeness (QED) is 0.748. The standard InChI is InChI=1S/C12H20N2O5/c1-4-13(7-9(15)19-3)12(18)14-6-5-8(2)10(14)11(16)17/h8,10H,4-7H2,1-3H3,(H,16,17). The van der Waals surface area contributed by atoms with Crippen LogP contribution in [0.2, 0.25) is 0 Å². The van der Waals surface area contributed by atoms with Gasteiger partial charge in [0.2, 0.25) is 0 Å². The predicted octanol–water partition coefficient (Wildman–Crippen LogP) is 0.396. The number of hydrogen-bond acceptors (Lipinski definition) is 4. The molecule has 0 spiro atoms. The molecule has 19 heavy (non-hydrogen) atoms. The van der Waals surface area contributed by atoms with Crippen LogP contribution in [0.4, 0.5) is 4.79 Å². The fourth-order valence-electron chi connectivity index (χ4n) is 2.25. The van der Waals surface area contributed by atoms with Gasteiger partial charge in [-0.15, -0.1) is 0 Å². The number of nitrogens with zero attached hydrogens (tertiary/aromatic N) is 2. The fourth-order valence-corrected chi connectivity index (χ4v) is 2.25. The molecule has 0 aromatic heterocycles. The third-order valence-electron chi connectivity index (χ3n) is 3.40. The van der Waals surface area contributed by atoms with Crippen molar-refractivity contribution in [3.05, 3.63) is 0 Å². The van der Waals surface area contributed by atoms with E-state index in [1.165, 1.54) is 16.9 Å². The Morgan fingerprint density at radius 2 is 2.05 bits per heavy atom. The summed E-state index contributed by atoms with van der Waals surface area (Å²) in [5, 5.41) is 9.18. The first-order chi connectivity index (χ1) is 8.92. The summed E-state index contributed by atoms with van der Waals surface area (Å²) in [5.74, 6) is -1.61. The number of ether oxygens (including phenoxy) is 1. The SMILES string of the molecule is CCN(CC(=O)OC)C(=O)N1CCC(C)C1C(=O)O. The van der Waals surface area contributed by atoms with Gasteiger partial charge in [0.25, 0.3) is 0 Å². The smallest absolute Gasteiger partial charge is 0.326 e. The molecular weight excluding hydrogens is 252 g/mol. The Labute approximate surface area is 112 Å². The zero-order valence-corrected chi connectivity index (χ0v) is 11.5. The van der Waals surface area contributed by atoms with Crippen molar-refractivity contribution in [1.82, 2.24) is 9.80 Å². The van der Waals surface area contributed by atoms with Gasteiger partial charge in [-0.2, -0.15) is 0 Å². The predicted molar refractivity (Wildman–Crippen MR) is 66.6 cm³/mol. The number of carboxylic acids is 1. The van der Waals surface area contributed by atoms with Crippen LogP contribution < -0.4 is 0 Å². The van der Waals surface area contributed by atoms with Gasteiger partial charge < -0.3 is 19.6 Å². The fraction of sp³-hybridized carbons (Fsp3) is 0.750. The molecule has 2 amide bonds. The lowest BCUT2D eigenvalue weighted by molar-refractivity contribution is -0.142. The Morgan fingerprint density at radius 1 is 1.42 bits per heavy atom. The van der Waals surface area contributed by atoms with Crippen LogP contribution in [-0.4, -0.2) is 65.7 Å². The maximum atomic E-state index is 12.3. The van der Waals surface area contributed by atoms with E-state index in [1.54, 1.807) is 6.92 Å². The van der Waals surface area contributed by atoms with Gasteiger partial charge in [-0.1, -0.05) is 6.92 Å². The van der Waals surface area contributed by atoms with Gasteiger partial charge in [0.15, 0.2) is 0 Å². The third-order valence-corrected chi connectivity index (χ3v) is 3.40. The summed E-state index contributed by atoms with van der Waals surface area (Å²) in [6.07, 6.45) is 0.651. The lowest BCUT2D eigenvalue weighted by Crippen LogP contribution is -2.50. The molecule has 1 rings (SSSR count). The summed E-state index contributed by atoms with van der Waals surface area (Å²) in [4.78, 5) is 37.3. The van der Waals surface area contributed by atoms with Crippen molar-refractivity contribution in [2.24, 2.45) is 5.92 Å². The van der Waals surface area contributed by atoms with Crippen molar-refractivity contribution in [3.8, 4) is 0 Å². The summed E-state index contributed by atoms with van der Waals surface area (Å²) in [7, 11) is 1.25. The molecule has 1 N–H and O–H groups in total. The van der Waals surface area contributed by atoms with Crippen LogP contribution in [0.25, 0.3) is 0 Å². The molecule has 0 aliphatic carbocycles. The third kappa shape index (κ3) is 3.36. The maximum Gasteiger partial charge on any atom is 0.326 e. The molecule has 0 radical (unpaired) electrons. The molecular formula is C12H20N2O5. The Morgan fingerprint density at radius 3 is 2.53 bits per heavy atom. The van der Waals surface area contributed by atoms with Crippen LogP contribution in [-0.2, 0) is 14.3 Å². The van der Waals surface area contributed by atoms with Crippen LogP contribution in [0, 0.1) is 5.92 Å². The second-order valence-corrected chi connectivity index (χ2v) is 4.62. The molecule has 1 heterocycles. The first-order valence-corrected chi connectivity index (χ1v) is 6.27. The van der Waals surface area contributed by atoms with Crippen molar-refractivity contribution >= 4 is 18.0 Å². The highest BCUT2D eigenvalue weighted by Gasteiger charge is 2.41. The van der Waals surface area contributed by atoms with E-state index in [0.717, 1.165) is 0 Å². The number of rotatable bonds is 4. The molecule has 7 nitrogen and oxygen atoms in total. The minimum absolute atomic E-state index is 0.0849. The van der Waals surface area contributed by atoms with Crippen LogP contribution in [0.15, 0.2) is 0 Å². The molecule has 1 fully saturated rings. The first kappa shape index (κ1) is 15.3. The molecule has 1 saturated heterocycles. The topological polar surface area (TPSA) is 87.2 Å². The number of likely N-dealkylation sites (tertiary alicyclic amines) is 1. The number of hydrogen-bond donors (Lipinski definition) is 1. The number of carbonyl (C=O) groups excluding carboxylic acids is 2. The van der Waals surface area contributed by atoms with Crippen molar-refractivity contribution in [2.45, 2.75) is 26.3 Å². The number of carboxylic acid groups (broad SMARTS) is 1. The Kier molecular flexibility index (Phi) is 5.14. The molecule has 1 aliphatic heterocycles. The molecule has 1 aliphatic rings. The molecule has 108 valence electrons. The van der Waals surface area contributed by atoms with E-state index in [2.05, 4.69) is 4.74 Å². The van der Waals surface area contributed by atoms with Crippen molar-refractivity contribution < 1.29 is 24.2 Å². The highest BCUT2D eigenvalue weighted by Crippen LogP contribution is 2.25. The number of carbonyl (C=O) groups is 3. The maximum absolute atomic E-state index is 12.3. The van der Waals surface area contributed by atoms with Gasteiger partial charge >= 0.3 is 18.0 Å². The Bertz CT molecular complexity index is 371. The van der Waals surface area contributed by atoms with Crippen molar-refractivity contribution in [1.29, 1.82) is 0 Å². The van der Waals surface area contributed by atoms with E-state index in [4.69, 9.17) is 0 Å². The molecule has 0 aromatic carbocycles. The molecule has 2 atom stereocenters. The first-order valence-electron chi connectivity index (χ1n) is 6.27. The van der Waals surface area contributed by atoms with E-state index in [9.17, 15) is 19.5 Å². The molecule has 0 aromatic rings. The number of methoxy groups -OCH3 is 1. The summed E-state index contributed by atoms with van der Waals surface area (Å²) >= 11 is 0. The number of urea groups is 1. The van der Waals surface area contributed by atoms with Gasteiger partial charge in [0, 0.05) is 13.1 Å². The summed E-state index contributed by atoms with van der Waals surface area (Å²) in [6, 6.07) is -1.25. The largest absolute Gasteiger partial charge is 0.480 e. The molecule has 2 unspecified atom stereocenters. The minimum Gasteiger partial charge on any atom is -0.480 e. The zero-order chi connectivity index (χ0) is 14.6. The normalized spacial score (nSPS) is 22.2. The average molecular weight is 272 g/mol. The van der Waals surface area contributed by atoms with Crippen LogP contribution in [0.1, 0.15) is 20.3 Å². The van der Waals surface area contributed by atoms with E-state index < -0.39 is 24.0 Å². The van der Waals surface area contributed by atoms with Crippen molar-refractivity contribution in [2.75, 3.05) is 26.7 Å². The average Bonchev–Trinajstić information content (AvgIpc) is 2.76. The molecule has 0 bridgehead atoms. The highest BCUT2D eigenvalue weighted by atomic mass is 16.5. The van der Waals surface area contributed by atoms with E-state index in [0.29, 0.717) is 19.5 Å². The number of likely N-dealkylation sites (N-methyl/N-ethyl adjacent to an activating group) is 1. The van der Waals surface area contributed by atoms with Gasteiger partial charge in [-0.05, 0) is 19.3 Å². The number of aliphatic carboxylic acids is 1. The Hall–Kier alpha value is -1.79. The molecule has 7 heteroatoms. The van der Waals surface area contributed by atoms with E-state index in [1.807, 2.05) is 6.92 Å².